The lowest BCUT2D eigenvalue weighted by Crippen LogP contribution is -2.73. The Bertz CT molecular complexity index is 1330. The Kier molecular flexibility index (Phi) is 6.07. The molecule has 0 amide bonds. The molecule has 1 aliphatic heterocycles. The molecule has 38 heavy (non-hydrogen) atoms. The van der Waals surface area contributed by atoms with Gasteiger partial charge in [-0.25, -0.2) is 22.5 Å². The van der Waals surface area contributed by atoms with Gasteiger partial charge in [-0.05, 0) is 12.1 Å². The Labute approximate surface area is 215 Å². The van der Waals surface area contributed by atoms with Crippen LogP contribution in [0.15, 0.2) is 24.5 Å². The highest BCUT2D eigenvalue weighted by Gasteiger charge is 2.70. The standard InChI is InChI=1S/C24H27F3N6O5/c1-36-22-16(5-12-6-33(31-28-12)23-9-24(10-23,11-23)37-2)38-17(8-34)21(35)20(22)32-7-15(29-30-32)13-3-4-14(25)19(27)18(13)26/h3-4,6-7,16-17,20-22,34-35H,5,8-11H2,1-2H3/t16-,17-,20+,21+,22+,23?,24?/m1/s1. The van der Waals surface area contributed by atoms with Gasteiger partial charge in [0.2, 0.25) is 0 Å². The van der Waals surface area contributed by atoms with Crippen molar-refractivity contribution in [2.75, 3.05) is 20.8 Å². The minimum atomic E-state index is -1.62. The molecule has 2 N–H and O–H groups in total. The fraction of sp³-hybridized carbons (Fsp3) is 0.583. The van der Waals surface area contributed by atoms with E-state index in [1.54, 1.807) is 7.11 Å². The fourth-order valence-corrected chi connectivity index (χ4v) is 6.13. The van der Waals surface area contributed by atoms with Crippen molar-refractivity contribution < 1.29 is 37.6 Å². The molecule has 0 radical (unpaired) electrons. The normalized spacial score (nSPS) is 34.1. The SMILES string of the molecule is CO[C@@H]1[C@@H](n2cc(-c3ccc(F)c(F)c3F)nn2)[C@@H](O)[C@@H](CO)O[C@@H]1Cc1cn(C23CC(OC)(C2)C3)nn1. The molecule has 3 aromatic rings. The number of benzene rings is 1. The Balaban J connectivity index is 1.25. The zero-order chi connectivity index (χ0) is 26.8. The number of nitrogens with zero attached hydrogens (tertiary/aromatic N) is 6. The summed E-state index contributed by atoms with van der Waals surface area (Å²) < 4.78 is 61.9. The maximum absolute atomic E-state index is 14.4. The van der Waals surface area contributed by atoms with Crippen LogP contribution in [0.4, 0.5) is 13.2 Å². The van der Waals surface area contributed by atoms with Crippen LogP contribution in [0.5, 0.6) is 0 Å². The molecule has 3 aliphatic carbocycles. The number of hydrogen-bond acceptors (Lipinski definition) is 9. The molecule has 3 saturated carbocycles. The van der Waals surface area contributed by atoms with Crippen molar-refractivity contribution in [1.82, 2.24) is 30.0 Å². The molecule has 7 rings (SSSR count). The third kappa shape index (κ3) is 3.77. The second-order valence-corrected chi connectivity index (χ2v) is 10.4. The zero-order valence-electron chi connectivity index (χ0n) is 20.7. The molecule has 4 fully saturated rings. The average molecular weight is 537 g/mol. The molecule has 4 aliphatic rings. The maximum atomic E-state index is 14.4. The average Bonchev–Trinajstić information content (AvgIpc) is 3.52. The Morgan fingerprint density at radius 3 is 2.50 bits per heavy atom. The lowest BCUT2D eigenvalue weighted by molar-refractivity contribution is -0.265. The molecule has 5 atom stereocenters. The number of aromatic nitrogens is 6. The number of halogens is 3. The Hall–Kier alpha value is -2.91. The molecule has 0 spiro atoms. The van der Waals surface area contributed by atoms with Crippen molar-refractivity contribution in [1.29, 1.82) is 0 Å². The predicted octanol–water partition coefficient (Wildman–Crippen LogP) is 1.15. The molecule has 3 heterocycles. The van der Waals surface area contributed by atoms with Crippen molar-refractivity contribution in [2.24, 2.45) is 0 Å². The topological polar surface area (TPSA) is 130 Å². The van der Waals surface area contributed by atoms with E-state index in [1.807, 2.05) is 10.9 Å². The summed E-state index contributed by atoms with van der Waals surface area (Å²) in [4.78, 5) is 0. The van der Waals surface area contributed by atoms with E-state index in [2.05, 4.69) is 20.6 Å². The van der Waals surface area contributed by atoms with Gasteiger partial charge in [-0.15, -0.1) is 10.2 Å². The number of methoxy groups -OCH3 is 2. The van der Waals surface area contributed by atoms with Crippen LogP contribution in [0.1, 0.15) is 31.0 Å². The Morgan fingerprint density at radius 2 is 1.82 bits per heavy atom. The lowest BCUT2D eigenvalue weighted by Gasteiger charge is -2.68. The highest BCUT2D eigenvalue weighted by molar-refractivity contribution is 5.58. The summed E-state index contributed by atoms with van der Waals surface area (Å²) in [6.45, 7) is -0.487. The van der Waals surface area contributed by atoms with Crippen LogP contribution in [0.25, 0.3) is 11.3 Å². The molecule has 204 valence electrons. The third-order valence-corrected chi connectivity index (χ3v) is 8.19. The van der Waals surface area contributed by atoms with Crippen LogP contribution in [0.2, 0.25) is 0 Å². The van der Waals surface area contributed by atoms with E-state index in [9.17, 15) is 23.4 Å². The lowest BCUT2D eigenvalue weighted by atomic mass is 9.46. The van der Waals surface area contributed by atoms with E-state index in [1.165, 1.54) is 18.0 Å². The van der Waals surface area contributed by atoms with Crippen molar-refractivity contribution in [3.05, 3.63) is 47.7 Å². The monoisotopic (exact) mass is 536 g/mol. The first-order valence-corrected chi connectivity index (χ1v) is 12.2. The summed E-state index contributed by atoms with van der Waals surface area (Å²) in [6, 6.07) is 0.945. The fourth-order valence-electron chi connectivity index (χ4n) is 6.13. The molecule has 1 aromatic carbocycles. The van der Waals surface area contributed by atoms with Gasteiger partial charge in [-0.1, -0.05) is 10.4 Å². The van der Waals surface area contributed by atoms with Gasteiger partial charge in [0.05, 0.1) is 35.7 Å². The molecule has 2 bridgehead atoms. The van der Waals surface area contributed by atoms with Gasteiger partial charge in [0.25, 0.3) is 0 Å². The Morgan fingerprint density at radius 1 is 1.05 bits per heavy atom. The van der Waals surface area contributed by atoms with Crippen LogP contribution < -0.4 is 0 Å². The van der Waals surface area contributed by atoms with E-state index in [0.717, 1.165) is 31.4 Å². The van der Waals surface area contributed by atoms with E-state index < -0.39 is 54.5 Å². The van der Waals surface area contributed by atoms with Gasteiger partial charge >= 0.3 is 0 Å². The van der Waals surface area contributed by atoms with Crippen LogP contribution in [-0.2, 0) is 26.2 Å². The summed E-state index contributed by atoms with van der Waals surface area (Å²) in [5.74, 6) is -4.35. The van der Waals surface area contributed by atoms with Crippen LogP contribution >= 0.6 is 0 Å². The first-order valence-electron chi connectivity index (χ1n) is 12.2. The number of aliphatic hydroxyl groups is 2. The van der Waals surface area contributed by atoms with Gasteiger partial charge in [-0.3, -0.25) is 0 Å². The minimum absolute atomic E-state index is 0.0449. The highest BCUT2D eigenvalue weighted by Crippen LogP contribution is 2.66. The van der Waals surface area contributed by atoms with Crippen molar-refractivity contribution in [3.63, 3.8) is 0 Å². The molecule has 1 saturated heterocycles. The molecule has 11 nitrogen and oxygen atoms in total. The van der Waals surface area contributed by atoms with E-state index in [4.69, 9.17) is 14.2 Å². The van der Waals surface area contributed by atoms with Crippen molar-refractivity contribution >= 4 is 0 Å². The number of rotatable bonds is 8. The van der Waals surface area contributed by atoms with Crippen LogP contribution in [-0.4, -0.2) is 91.0 Å². The quantitative estimate of drug-likeness (QED) is 0.407. The summed E-state index contributed by atoms with van der Waals surface area (Å²) in [5.41, 5.74) is 0.164. The maximum Gasteiger partial charge on any atom is 0.195 e. The van der Waals surface area contributed by atoms with Gasteiger partial charge < -0.3 is 24.4 Å². The number of hydrogen-bond donors (Lipinski definition) is 2. The second kappa shape index (κ2) is 9.09. The first-order chi connectivity index (χ1) is 18.2. The van der Waals surface area contributed by atoms with Crippen molar-refractivity contribution in [2.45, 2.75) is 67.3 Å². The number of ether oxygens (including phenoxy) is 3. The van der Waals surface area contributed by atoms with Crippen LogP contribution in [0.3, 0.4) is 0 Å². The summed E-state index contributed by atoms with van der Waals surface area (Å²) in [6.07, 6.45) is 2.37. The van der Waals surface area contributed by atoms with E-state index in [-0.39, 0.29) is 28.8 Å². The van der Waals surface area contributed by atoms with Gasteiger partial charge in [-0.2, -0.15) is 0 Å². The molecule has 14 heteroatoms. The minimum Gasteiger partial charge on any atom is -0.394 e. The highest BCUT2D eigenvalue weighted by atomic mass is 19.2. The summed E-state index contributed by atoms with van der Waals surface area (Å²) >= 11 is 0. The molecular weight excluding hydrogens is 509 g/mol. The molecule has 2 aromatic heterocycles. The second-order valence-electron chi connectivity index (χ2n) is 10.4. The molecule has 0 unspecified atom stereocenters. The molecular formula is C24H27F3N6O5. The summed E-state index contributed by atoms with van der Waals surface area (Å²) in [7, 11) is 3.16. The zero-order valence-corrected chi connectivity index (χ0v) is 20.7. The largest absolute Gasteiger partial charge is 0.394 e. The van der Waals surface area contributed by atoms with Crippen molar-refractivity contribution in [3.8, 4) is 11.3 Å². The van der Waals surface area contributed by atoms with Gasteiger partial charge in [0.15, 0.2) is 17.5 Å². The first kappa shape index (κ1) is 25.4. The predicted molar refractivity (Wildman–Crippen MR) is 122 cm³/mol. The van der Waals surface area contributed by atoms with E-state index >= 15 is 0 Å². The van der Waals surface area contributed by atoms with Gasteiger partial charge in [0, 0.05) is 51.7 Å². The van der Waals surface area contributed by atoms with Gasteiger partial charge in [0.1, 0.15) is 30.0 Å². The third-order valence-electron chi connectivity index (χ3n) is 8.19. The smallest absolute Gasteiger partial charge is 0.195 e. The van der Waals surface area contributed by atoms with E-state index in [0.29, 0.717) is 5.69 Å². The van der Waals surface area contributed by atoms with Crippen LogP contribution in [0, 0.1) is 17.5 Å². The summed E-state index contributed by atoms with van der Waals surface area (Å²) in [5, 5.41) is 37.4. The number of aliphatic hydroxyl groups excluding tert-OH is 2.